The van der Waals surface area contributed by atoms with Gasteiger partial charge in [0.05, 0.1) is 19.0 Å². The summed E-state index contributed by atoms with van der Waals surface area (Å²) in [5.74, 6) is -3.83. The van der Waals surface area contributed by atoms with Crippen molar-refractivity contribution < 1.29 is 34.5 Å². The molecule has 1 aromatic carbocycles. The van der Waals surface area contributed by atoms with Crippen LogP contribution in [0, 0.1) is 0 Å². The number of aliphatic hydroxyl groups excluding tert-OH is 2. The number of aromatic amines is 1. The number of carboxylic acid groups (broad SMARTS) is 1. The number of carbonyl (C=O) groups excluding carboxylic acids is 3. The van der Waals surface area contributed by atoms with Crippen molar-refractivity contribution in [3.05, 3.63) is 54.1 Å². The number of amides is 3. The van der Waals surface area contributed by atoms with E-state index < -0.39 is 60.6 Å². The Kier molecular flexibility index (Phi) is 10.3. The number of aliphatic hydroxyl groups is 2. The van der Waals surface area contributed by atoms with Crippen molar-refractivity contribution >= 4 is 23.7 Å². The number of hydrogen-bond donors (Lipinski definition) is 8. The van der Waals surface area contributed by atoms with Crippen LogP contribution in [0.5, 0.6) is 0 Å². The van der Waals surface area contributed by atoms with Crippen LogP contribution in [0.15, 0.2) is 42.9 Å². The average Bonchev–Trinajstić information content (AvgIpc) is 3.34. The number of H-pyrrole nitrogens is 1. The zero-order valence-corrected chi connectivity index (χ0v) is 19.0. The third kappa shape index (κ3) is 8.48. The monoisotopic (exact) mass is 490 g/mol. The van der Waals surface area contributed by atoms with E-state index in [4.69, 9.17) is 5.73 Å². The molecule has 1 heterocycles. The summed E-state index contributed by atoms with van der Waals surface area (Å²) in [6.45, 7) is 0.488. The number of carbonyl (C=O) groups is 4. The first-order chi connectivity index (χ1) is 16.6. The fourth-order valence-electron chi connectivity index (χ4n) is 3.10. The number of carboxylic acids is 1. The number of nitrogens with one attached hydrogen (secondary N) is 4. The summed E-state index contributed by atoms with van der Waals surface area (Å²) in [6, 6.07) is 3.34. The lowest BCUT2D eigenvalue weighted by Gasteiger charge is -2.25. The molecule has 0 fully saturated rings. The van der Waals surface area contributed by atoms with Gasteiger partial charge < -0.3 is 42.0 Å². The van der Waals surface area contributed by atoms with Crippen molar-refractivity contribution in [1.82, 2.24) is 25.9 Å². The maximum atomic E-state index is 13.0. The van der Waals surface area contributed by atoms with Crippen LogP contribution in [0.4, 0.5) is 0 Å². The molecule has 0 radical (unpaired) electrons. The van der Waals surface area contributed by atoms with E-state index in [2.05, 4.69) is 25.9 Å². The molecular weight excluding hydrogens is 460 g/mol. The summed E-state index contributed by atoms with van der Waals surface area (Å²) in [7, 11) is 0. The number of rotatable bonds is 13. The molecule has 3 amide bonds. The predicted molar refractivity (Wildman–Crippen MR) is 123 cm³/mol. The lowest BCUT2D eigenvalue weighted by Crippen LogP contribution is -2.59. The molecule has 5 unspecified atom stereocenters. The van der Waals surface area contributed by atoms with E-state index >= 15 is 0 Å². The molecule has 1 aromatic heterocycles. The maximum absolute atomic E-state index is 13.0. The maximum Gasteiger partial charge on any atom is 0.326 e. The molecule has 0 saturated carbocycles. The number of aliphatic carboxylic acids is 1. The first-order valence-electron chi connectivity index (χ1n) is 10.8. The van der Waals surface area contributed by atoms with Gasteiger partial charge in [0.2, 0.25) is 17.7 Å². The third-order valence-corrected chi connectivity index (χ3v) is 5.15. The first-order valence-corrected chi connectivity index (χ1v) is 10.8. The molecule has 190 valence electrons. The molecule has 0 bridgehead atoms. The van der Waals surface area contributed by atoms with E-state index in [0.717, 1.165) is 0 Å². The van der Waals surface area contributed by atoms with Gasteiger partial charge in [-0.2, -0.15) is 0 Å². The third-order valence-electron chi connectivity index (χ3n) is 5.15. The van der Waals surface area contributed by atoms with Gasteiger partial charge in [-0.05, 0) is 12.5 Å². The Morgan fingerprint density at radius 1 is 0.971 bits per heavy atom. The number of hydrogen-bond acceptors (Lipinski definition) is 8. The molecule has 0 aliphatic heterocycles. The first kappa shape index (κ1) is 27.4. The van der Waals surface area contributed by atoms with Crippen LogP contribution in [0.1, 0.15) is 18.2 Å². The molecule has 9 N–H and O–H groups in total. The van der Waals surface area contributed by atoms with Gasteiger partial charge in [-0.25, -0.2) is 9.78 Å². The number of nitrogens with zero attached hydrogens (tertiary/aromatic N) is 1. The largest absolute Gasteiger partial charge is 0.480 e. The average molecular weight is 491 g/mol. The Morgan fingerprint density at radius 3 is 2.11 bits per heavy atom. The highest BCUT2D eigenvalue weighted by molar-refractivity contribution is 5.94. The second-order valence-corrected chi connectivity index (χ2v) is 7.94. The van der Waals surface area contributed by atoms with E-state index in [1.807, 2.05) is 0 Å². The molecule has 0 aliphatic rings. The lowest BCUT2D eigenvalue weighted by atomic mass is 10.0. The Balaban J connectivity index is 2.17. The number of aromatic nitrogens is 2. The fraction of sp³-hybridized carbons (Fsp3) is 0.409. The SMILES string of the molecule is CC(O)C(N)C(=O)NC(CO)C(=O)NC(Cc1ccccc1)C(=O)NC(Cc1cnc[nH]1)C(=O)O. The van der Waals surface area contributed by atoms with Gasteiger partial charge >= 0.3 is 5.97 Å². The van der Waals surface area contributed by atoms with E-state index in [-0.39, 0.29) is 12.8 Å². The second-order valence-electron chi connectivity index (χ2n) is 7.94. The van der Waals surface area contributed by atoms with Gasteiger partial charge in [0, 0.05) is 24.7 Å². The number of nitrogens with two attached hydrogens (primary N) is 1. The quantitative estimate of drug-likeness (QED) is 0.148. The molecule has 5 atom stereocenters. The minimum Gasteiger partial charge on any atom is -0.480 e. The highest BCUT2D eigenvalue weighted by Gasteiger charge is 2.31. The van der Waals surface area contributed by atoms with Crippen molar-refractivity contribution in [1.29, 1.82) is 0 Å². The van der Waals surface area contributed by atoms with Crippen LogP contribution in [0.3, 0.4) is 0 Å². The summed E-state index contributed by atoms with van der Waals surface area (Å²) >= 11 is 0. The zero-order valence-electron chi connectivity index (χ0n) is 19.0. The smallest absolute Gasteiger partial charge is 0.326 e. The summed E-state index contributed by atoms with van der Waals surface area (Å²) in [4.78, 5) is 56.2. The molecular formula is C22H30N6O7. The van der Waals surface area contributed by atoms with Crippen LogP contribution in [-0.2, 0) is 32.0 Å². The van der Waals surface area contributed by atoms with Gasteiger partial charge in [-0.15, -0.1) is 0 Å². The number of imidazole rings is 1. The molecule has 13 nitrogen and oxygen atoms in total. The second kappa shape index (κ2) is 13.2. The van der Waals surface area contributed by atoms with Gasteiger partial charge in [-0.1, -0.05) is 30.3 Å². The predicted octanol–water partition coefficient (Wildman–Crippen LogP) is -2.57. The molecule has 13 heteroatoms. The van der Waals surface area contributed by atoms with Crippen LogP contribution < -0.4 is 21.7 Å². The molecule has 2 rings (SSSR count). The van der Waals surface area contributed by atoms with Crippen molar-refractivity contribution in [2.24, 2.45) is 5.73 Å². The van der Waals surface area contributed by atoms with Crippen LogP contribution in [-0.4, -0.2) is 85.9 Å². The lowest BCUT2D eigenvalue weighted by molar-refractivity contribution is -0.142. The molecule has 0 spiro atoms. The zero-order chi connectivity index (χ0) is 26.0. The highest BCUT2D eigenvalue weighted by Crippen LogP contribution is 2.06. The normalized spacial score (nSPS) is 15.2. The van der Waals surface area contributed by atoms with E-state index in [1.165, 1.54) is 19.4 Å². The Morgan fingerprint density at radius 2 is 1.57 bits per heavy atom. The van der Waals surface area contributed by atoms with Crippen LogP contribution >= 0.6 is 0 Å². The van der Waals surface area contributed by atoms with Gasteiger partial charge in [-0.3, -0.25) is 14.4 Å². The van der Waals surface area contributed by atoms with Gasteiger partial charge in [0.1, 0.15) is 24.2 Å². The van der Waals surface area contributed by atoms with Gasteiger partial charge in [0.15, 0.2) is 0 Å². The van der Waals surface area contributed by atoms with Crippen molar-refractivity contribution in [2.75, 3.05) is 6.61 Å². The Bertz CT molecular complexity index is 983. The summed E-state index contributed by atoms with van der Waals surface area (Å²) in [5.41, 5.74) is 6.71. The highest BCUT2D eigenvalue weighted by atomic mass is 16.4. The van der Waals surface area contributed by atoms with E-state index in [0.29, 0.717) is 11.3 Å². The van der Waals surface area contributed by atoms with Crippen molar-refractivity contribution in [3.63, 3.8) is 0 Å². The topological polar surface area (TPSA) is 220 Å². The van der Waals surface area contributed by atoms with Gasteiger partial charge in [0.25, 0.3) is 0 Å². The molecule has 35 heavy (non-hydrogen) atoms. The van der Waals surface area contributed by atoms with Crippen molar-refractivity contribution in [3.8, 4) is 0 Å². The fourth-order valence-corrected chi connectivity index (χ4v) is 3.10. The summed E-state index contributed by atoms with van der Waals surface area (Å²) in [6.07, 6.45) is 1.55. The molecule has 2 aromatic rings. The van der Waals surface area contributed by atoms with Crippen LogP contribution in [0.2, 0.25) is 0 Å². The minimum atomic E-state index is -1.46. The minimum absolute atomic E-state index is 0.00803. The summed E-state index contributed by atoms with van der Waals surface area (Å²) < 4.78 is 0. The van der Waals surface area contributed by atoms with Crippen LogP contribution in [0.25, 0.3) is 0 Å². The van der Waals surface area contributed by atoms with Crippen molar-refractivity contribution in [2.45, 2.75) is 50.0 Å². The number of benzene rings is 1. The van der Waals surface area contributed by atoms with E-state index in [9.17, 15) is 34.5 Å². The molecule has 0 saturated heterocycles. The summed E-state index contributed by atoms with van der Waals surface area (Å²) in [5, 5.41) is 35.7. The Labute approximate surface area is 201 Å². The Hall–Kier alpha value is -3.81. The standard InChI is InChI=1S/C22H30N6O7/c1-12(30)18(23)21(33)28-17(10-29)20(32)26-15(7-13-5-3-2-4-6-13)19(31)27-16(22(34)35)8-14-9-24-11-25-14/h2-6,9,11-12,15-18,29-30H,7-8,10,23H2,1H3,(H,24,25)(H,26,32)(H,27,31)(H,28,33)(H,34,35). The van der Waals surface area contributed by atoms with E-state index in [1.54, 1.807) is 30.3 Å². The molecule has 0 aliphatic carbocycles.